The first kappa shape index (κ1) is 15.7. The Morgan fingerprint density at radius 3 is 2.71 bits per heavy atom. The van der Waals surface area contributed by atoms with Crippen molar-refractivity contribution in [3.8, 4) is 11.4 Å². The van der Waals surface area contributed by atoms with Crippen molar-refractivity contribution in [2.45, 2.75) is 13.0 Å². The Kier molecular flexibility index (Phi) is 4.02. The van der Waals surface area contributed by atoms with E-state index in [1.807, 2.05) is 6.92 Å². The van der Waals surface area contributed by atoms with Gasteiger partial charge in [0.2, 0.25) is 17.7 Å². The van der Waals surface area contributed by atoms with Crippen molar-refractivity contribution in [1.29, 1.82) is 0 Å². The summed E-state index contributed by atoms with van der Waals surface area (Å²) in [7, 11) is 3.61. The van der Waals surface area contributed by atoms with Crippen LogP contribution in [0.1, 0.15) is 18.8 Å². The minimum atomic E-state index is -0.413. The molecule has 1 aromatic carbocycles. The smallest absolute Gasteiger partial charge is 0.229 e. The van der Waals surface area contributed by atoms with E-state index in [1.165, 1.54) is 16.9 Å². The number of halogens is 1. The van der Waals surface area contributed by atoms with Crippen LogP contribution in [-0.4, -0.2) is 49.3 Å². The number of aromatic nitrogens is 7. The predicted molar refractivity (Wildman–Crippen MR) is 85.6 cm³/mol. The van der Waals surface area contributed by atoms with Gasteiger partial charge in [0.05, 0.1) is 0 Å². The van der Waals surface area contributed by atoms with Crippen LogP contribution in [0.4, 0.5) is 16.3 Å². The number of tetrazole rings is 1. The van der Waals surface area contributed by atoms with Crippen molar-refractivity contribution in [2.24, 2.45) is 0 Å². The fourth-order valence-electron chi connectivity index (χ4n) is 2.02. The molecule has 10 heteroatoms. The van der Waals surface area contributed by atoms with E-state index >= 15 is 0 Å². The molecule has 1 atom stereocenters. The lowest BCUT2D eigenvalue weighted by molar-refractivity contribution is 0.461. The van der Waals surface area contributed by atoms with Crippen molar-refractivity contribution >= 4 is 11.9 Å². The van der Waals surface area contributed by atoms with Crippen molar-refractivity contribution in [3.05, 3.63) is 35.9 Å². The number of nitrogens with two attached hydrogens (primary N) is 1. The van der Waals surface area contributed by atoms with Gasteiger partial charge < -0.3 is 10.6 Å². The van der Waals surface area contributed by atoms with Crippen LogP contribution < -0.4 is 10.6 Å². The maximum absolute atomic E-state index is 13.3. The molecule has 9 nitrogen and oxygen atoms in total. The number of rotatable bonds is 4. The van der Waals surface area contributed by atoms with E-state index in [-0.39, 0.29) is 11.8 Å². The third kappa shape index (κ3) is 3.12. The molecule has 0 saturated carbocycles. The fourth-order valence-corrected chi connectivity index (χ4v) is 2.02. The zero-order valence-electron chi connectivity index (χ0n) is 13.4. The quantitative estimate of drug-likeness (QED) is 0.752. The van der Waals surface area contributed by atoms with Crippen molar-refractivity contribution in [2.75, 3.05) is 24.7 Å². The Balaban J connectivity index is 1.93. The molecule has 24 heavy (non-hydrogen) atoms. The van der Waals surface area contributed by atoms with Gasteiger partial charge in [0.25, 0.3) is 0 Å². The summed E-state index contributed by atoms with van der Waals surface area (Å²) in [4.78, 5) is 15.6. The van der Waals surface area contributed by atoms with E-state index in [0.29, 0.717) is 23.2 Å². The van der Waals surface area contributed by atoms with Crippen molar-refractivity contribution < 1.29 is 4.39 Å². The van der Waals surface area contributed by atoms with Gasteiger partial charge in [-0.1, -0.05) is 12.1 Å². The highest BCUT2D eigenvalue weighted by Crippen LogP contribution is 2.18. The first-order valence-corrected chi connectivity index (χ1v) is 7.18. The first-order valence-electron chi connectivity index (χ1n) is 7.18. The number of nitrogen functional groups attached to an aromatic ring is 1. The minimum absolute atomic E-state index is 0.112. The fraction of sp³-hybridized carbons (Fsp3) is 0.286. The van der Waals surface area contributed by atoms with E-state index in [2.05, 4.69) is 30.4 Å². The molecular formula is C14H16FN9. The van der Waals surface area contributed by atoms with Crippen LogP contribution in [0.2, 0.25) is 0 Å². The molecule has 3 rings (SSSR count). The third-order valence-corrected chi connectivity index (χ3v) is 3.29. The third-order valence-electron chi connectivity index (χ3n) is 3.29. The van der Waals surface area contributed by atoms with Crippen LogP contribution in [-0.2, 0) is 0 Å². The van der Waals surface area contributed by atoms with Crippen LogP contribution in [0.5, 0.6) is 0 Å². The Hall–Kier alpha value is -3.17. The maximum Gasteiger partial charge on any atom is 0.229 e. The highest BCUT2D eigenvalue weighted by Gasteiger charge is 2.18. The number of hydrogen-bond donors (Lipinski definition) is 1. The SMILES string of the molecule is C[C@H](c1nc(N)nc(N(C)C)n1)n1nnc(-c2cccc(F)c2)n1. The van der Waals surface area contributed by atoms with E-state index in [4.69, 9.17) is 5.73 Å². The summed E-state index contributed by atoms with van der Waals surface area (Å²) in [6.07, 6.45) is 0. The number of nitrogens with zero attached hydrogens (tertiary/aromatic N) is 8. The van der Waals surface area contributed by atoms with Crippen LogP contribution >= 0.6 is 0 Å². The lowest BCUT2D eigenvalue weighted by Gasteiger charge is -2.14. The van der Waals surface area contributed by atoms with Gasteiger partial charge in [0.1, 0.15) is 11.9 Å². The van der Waals surface area contributed by atoms with Gasteiger partial charge in [0, 0.05) is 19.7 Å². The summed E-state index contributed by atoms with van der Waals surface area (Å²) >= 11 is 0. The average Bonchev–Trinajstić information content (AvgIpc) is 3.03. The second-order valence-electron chi connectivity index (χ2n) is 5.37. The summed E-state index contributed by atoms with van der Waals surface area (Å²) in [6.45, 7) is 1.81. The minimum Gasteiger partial charge on any atom is -0.368 e. The highest BCUT2D eigenvalue weighted by atomic mass is 19.1. The molecule has 0 aliphatic carbocycles. The van der Waals surface area contributed by atoms with Gasteiger partial charge >= 0.3 is 0 Å². The maximum atomic E-state index is 13.3. The van der Waals surface area contributed by atoms with E-state index in [0.717, 1.165) is 0 Å². The topological polar surface area (TPSA) is 112 Å². The Morgan fingerprint density at radius 2 is 2.00 bits per heavy atom. The van der Waals surface area contributed by atoms with Gasteiger partial charge in [-0.2, -0.15) is 19.7 Å². The van der Waals surface area contributed by atoms with E-state index in [9.17, 15) is 4.39 Å². The molecule has 0 saturated heterocycles. The normalized spacial score (nSPS) is 12.2. The lowest BCUT2D eigenvalue weighted by atomic mass is 10.2. The Labute approximate surface area is 137 Å². The molecule has 0 spiro atoms. The molecule has 0 bridgehead atoms. The largest absolute Gasteiger partial charge is 0.368 e. The molecule has 124 valence electrons. The Bertz CT molecular complexity index is 861. The monoisotopic (exact) mass is 329 g/mol. The van der Waals surface area contributed by atoms with Crippen LogP contribution in [0, 0.1) is 5.82 Å². The zero-order valence-corrected chi connectivity index (χ0v) is 13.4. The highest BCUT2D eigenvalue weighted by molar-refractivity contribution is 5.53. The molecule has 0 amide bonds. The van der Waals surface area contributed by atoms with Crippen LogP contribution in [0.25, 0.3) is 11.4 Å². The van der Waals surface area contributed by atoms with Crippen molar-refractivity contribution in [1.82, 2.24) is 35.2 Å². The number of benzene rings is 1. The van der Waals surface area contributed by atoms with Gasteiger partial charge in [0.15, 0.2) is 5.82 Å². The molecule has 0 fully saturated rings. The molecule has 0 unspecified atom stereocenters. The molecule has 0 aliphatic heterocycles. The summed E-state index contributed by atoms with van der Waals surface area (Å²) in [6, 6.07) is 5.58. The molecule has 2 N–H and O–H groups in total. The van der Waals surface area contributed by atoms with Gasteiger partial charge in [-0.05, 0) is 24.3 Å². The van der Waals surface area contributed by atoms with Crippen molar-refractivity contribution in [3.63, 3.8) is 0 Å². The molecule has 2 aromatic heterocycles. The second kappa shape index (κ2) is 6.14. The number of hydrogen-bond acceptors (Lipinski definition) is 8. The van der Waals surface area contributed by atoms with Gasteiger partial charge in [-0.3, -0.25) is 0 Å². The summed E-state index contributed by atoms with van der Waals surface area (Å²) < 4.78 is 13.3. The molecular weight excluding hydrogens is 313 g/mol. The van der Waals surface area contributed by atoms with Crippen LogP contribution in [0.3, 0.4) is 0 Å². The predicted octanol–water partition coefficient (Wildman–Crippen LogP) is 0.922. The first-order chi connectivity index (χ1) is 11.4. The second-order valence-corrected chi connectivity index (χ2v) is 5.37. The van der Waals surface area contributed by atoms with E-state index in [1.54, 1.807) is 31.1 Å². The molecule has 3 aromatic rings. The molecule has 0 radical (unpaired) electrons. The lowest BCUT2D eigenvalue weighted by Crippen LogP contribution is -2.20. The number of anilines is 2. The summed E-state index contributed by atoms with van der Waals surface area (Å²) in [5.41, 5.74) is 6.27. The van der Waals surface area contributed by atoms with Crippen LogP contribution in [0.15, 0.2) is 24.3 Å². The standard InChI is InChI=1S/C14H16FN9/c1-8(11-17-13(16)19-14(18-11)23(2)3)24-21-12(20-22-24)9-5-4-6-10(15)7-9/h4-8H,1-3H3,(H2,16,17,18,19)/t8-/m1/s1. The Morgan fingerprint density at radius 1 is 1.21 bits per heavy atom. The van der Waals surface area contributed by atoms with Gasteiger partial charge in [-0.15, -0.1) is 10.2 Å². The van der Waals surface area contributed by atoms with E-state index < -0.39 is 6.04 Å². The summed E-state index contributed by atoms with van der Waals surface area (Å²) in [5, 5.41) is 12.2. The zero-order chi connectivity index (χ0) is 17.3. The summed E-state index contributed by atoms with van der Waals surface area (Å²) in [5.74, 6) is 0.916. The molecule has 2 heterocycles. The van der Waals surface area contributed by atoms with Gasteiger partial charge in [-0.25, -0.2) is 4.39 Å². The average molecular weight is 329 g/mol. The molecule has 0 aliphatic rings.